The summed E-state index contributed by atoms with van der Waals surface area (Å²) >= 11 is 0. The van der Waals surface area contributed by atoms with Crippen LogP contribution in [-0.4, -0.2) is 67.1 Å². The van der Waals surface area contributed by atoms with Crippen LogP contribution in [0.3, 0.4) is 0 Å². The first-order valence-electron chi connectivity index (χ1n) is 9.56. The van der Waals surface area contributed by atoms with Crippen LogP contribution in [0.2, 0.25) is 0 Å². The van der Waals surface area contributed by atoms with Crippen molar-refractivity contribution in [3.8, 4) is 0 Å². The van der Waals surface area contributed by atoms with Crippen LogP contribution in [0, 0.1) is 0 Å². The molecule has 0 unspecified atom stereocenters. The van der Waals surface area contributed by atoms with Gasteiger partial charge in [-0.15, -0.1) is 0 Å². The van der Waals surface area contributed by atoms with Crippen molar-refractivity contribution in [1.82, 2.24) is 20.5 Å². The van der Waals surface area contributed by atoms with Gasteiger partial charge < -0.3 is 24.9 Å². The largest absolute Gasteiger partial charge is 0.439 e. The number of amides is 1. The Morgan fingerprint density at radius 3 is 2.85 bits per heavy atom. The van der Waals surface area contributed by atoms with Crippen LogP contribution in [0.1, 0.15) is 29.8 Å². The quantitative estimate of drug-likeness (QED) is 0.862. The van der Waals surface area contributed by atoms with Crippen LogP contribution in [-0.2, 0) is 0 Å². The highest BCUT2D eigenvalue weighted by atomic mass is 16.4. The molecule has 2 aromatic rings. The number of furan rings is 1. The van der Waals surface area contributed by atoms with Crippen molar-refractivity contribution in [3.05, 3.63) is 24.0 Å². The number of pyridine rings is 1. The van der Waals surface area contributed by atoms with Gasteiger partial charge in [-0.1, -0.05) is 0 Å². The molecule has 0 aliphatic carbocycles. The molecule has 5 heterocycles. The third kappa shape index (κ3) is 2.85. The first-order chi connectivity index (χ1) is 12.7. The van der Waals surface area contributed by atoms with E-state index in [1.807, 2.05) is 12.1 Å². The third-order valence-corrected chi connectivity index (χ3v) is 6.06. The molecule has 3 aliphatic heterocycles. The van der Waals surface area contributed by atoms with Crippen LogP contribution in [0.15, 0.2) is 22.7 Å². The summed E-state index contributed by atoms with van der Waals surface area (Å²) in [6.45, 7) is 3.96. The van der Waals surface area contributed by atoms with Gasteiger partial charge in [-0.05, 0) is 32.4 Å². The molecule has 3 fully saturated rings. The molecule has 2 bridgehead atoms. The highest BCUT2D eigenvalue weighted by Crippen LogP contribution is 2.29. The number of likely N-dealkylation sites (N-methyl/N-ethyl adjacent to an activating group) is 1. The molecule has 7 heteroatoms. The Bertz CT molecular complexity index is 826. The van der Waals surface area contributed by atoms with Gasteiger partial charge in [-0.2, -0.15) is 0 Å². The molecule has 0 radical (unpaired) electrons. The highest BCUT2D eigenvalue weighted by Gasteiger charge is 2.39. The van der Waals surface area contributed by atoms with Crippen molar-refractivity contribution < 1.29 is 9.21 Å². The lowest BCUT2D eigenvalue weighted by Gasteiger charge is -2.32. The minimum atomic E-state index is -0.0893. The number of anilines is 1. The molecule has 3 saturated heterocycles. The molecule has 26 heavy (non-hydrogen) atoms. The normalized spacial score (nSPS) is 28.8. The number of carbonyl (C=O) groups is 1. The van der Waals surface area contributed by atoms with Gasteiger partial charge in [0.05, 0.1) is 6.20 Å². The molecule has 5 rings (SSSR count). The Hall–Kier alpha value is -2.12. The lowest BCUT2D eigenvalue weighted by Crippen LogP contribution is -2.44. The molecular formula is C19H25N5O2. The fourth-order valence-corrected chi connectivity index (χ4v) is 4.46. The van der Waals surface area contributed by atoms with Gasteiger partial charge in [0.2, 0.25) is 0 Å². The second-order valence-electron chi connectivity index (χ2n) is 7.85. The maximum Gasteiger partial charge on any atom is 0.270 e. The maximum absolute atomic E-state index is 12.6. The average molecular weight is 355 g/mol. The van der Waals surface area contributed by atoms with E-state index < -0.39 is 0 Å². The van der Waals surface area contributed by atoms with Gasteiger partial charge in [-0.3, -0.25) is 4.79 Å². The number of nitrogens with zero attached hydrogens (tertiary/aromatic N) is 3. The summed E-state index contributed by atoms with van der Waals surface area (Å²) in [5.41, 5.74) is 1.20. The number of rotatable bonds is 3. The van der Waals surface area contributed by atoms with Crippen LogP contribution in [0.25, 0.3) is 11.0 Å². The number of carbonyl (C=O) groups excluding carboxylic acids is 1. The first-order valence-corrected chi connectivity index (χ1v) is 9.56. The van der Waals surface area contributed by atoms with E-state index in [-0.39, 0.29) is 11.9 Å². The van der Waals surface area contributed by atoms with E-state index >= 15 is 0 Å². The molecule has 0 aromatic carbocycles. The summed E-state index contributed by atoms with van der Waals surface area (Å²) in [4.78, 5) is 21.5. The van der Waals surface area contributed by atoms with E-state index in [0.717, 1.165) is 55.9 Å². The van der Waals surface area contributed by atoms with Crippen molar-refractivity contribution >= 4 is 22.8 Å². The number of hydrogen-bond donors (Lipinski definition) is 2. The van der Waals surface area contributed by atoms with E-state index in [0.29, 0.717) is 17.8 Å². The SMILES string of the molecule is CN1CCN(c2cc3cc(C(=O)N[C@@H]4C[C@H]5CC[C@@H]4N5)ncc3o2)CC1. The second-order valence-corrected chi connectivity index (χ2v) is 7.85. The van der Waals surface area contributed by atoms with Crippen molar-refractivity contribution in [2.75, 3.05) is 38.1 Å². The Morgan fingerprint density at radius 2 is 2.12 bits per heavy atom. The van der Waals surface area contributed by atoms with Crippen LogP contribution < -0.4 is 15.5 Å². The number of fused-ring (bicyclic) bond motifs is 3. The number of aromatic nitrogens is 1. The third-order valence-electron chi connectivity index (χ3n) is 6.06. The molecule has 0 saturated carbocycles. The fraction of sp³-hybridized carbons (Fsp3) is 0.579. The lowest BCUT2D eigenvalue weighted by atomic mass is 9.95. The minimum absolute atomic E-state index is 0.0893. The summed E-state index contributed by atoms with van der Waals surface area (Å²) in [6.07, 6.45) is 5.07. The van der Waals surface area contributed by atoms with E-state index in [2.05, 4.69) is 32.5 Å². The van der Waals surface area contributed by atoms with Gasteiger partial charge in [0.1, 0.15) is 5.69 Å². The Balaban J connectivity index is 1.32. The van der Waals surface area contributed by atoms with Crippen molar-refractivity contribution in [2.24, 2.45) is 0 Å². The zero-order chi connectivity index (χ0) is 17.7. The highest BCUT2D eigenvalue weighted by molar-refractivity contribution is 5.96. The monoisotopic (exact) mass is 355 g/mol. The second kappa shape index (κ2) is 6.25. The number of nitrogens with one attached hydrogen (secondary N) is 2. The van der Waals surface area contributed by atoms with Crippen LogP contribution >= 0.6 is 0 Å². The van der Waals surface area contributed by atoms with E-state index in [9.17, 15) is 4.79 Å². The lowest BCUT2D eigenvalue weighted by molar-refractivity contribution is 0.0926. The van der Waals surface area contributed by atoms with Crippen molar-refractivity contribution in [3.63, 3.8) is 0 Å². The minimum Gasteiger partial charge on any atom is -0.439 e. The molecule has 3 atom stereocenters. The summed E-state index contributed by atoms with van der Waals surface area (Å²) in [6, 6.07) is 5.09. The molecule has 138 valence electrons. The molecule has 2 aromatic heterocycles. The Labute approximate surface area is 152 Å². The van der Waals surface area contributed by atoms with Crippen LogP contribution in [0.5, 0.6) is 0 Å². The van der Waals surface area contributed by atoms with E-state index in [1.165, 1.54) is 6.42 Å². The topological polar surface area (TPSA) is 73.6 Å². The van der Waals surface area contributed by atoms with E-state index in [1.54, 1.807) is 6.20 Å². The molecule has 7 nitrogen and oxygen atoms in total. The molecular weight excluding hydrogens is 330 g/mol. The number of hydrogen-bond acceptors (Lipinski definition) is 6. The number of piperazine rings is 1. The van der Waals surface area contributed by atoms with Gasteiger partial charge in [0.15, 0.2) is 11.5 Å². The molecule has 2 N–H and O–H groups in total. The zero-order valence-electron chi connectivity index (χ0n) is 15.1. The maximum atomic E-state index is 12.6. The first kappa shape index (κ1) is 16.1. The Morgan fingerprint density at radius 1 is 1.27 bits per heavy atom. The summed E-state index contributed by atoms with van der Waals surface area (Å²) in [5.74, 6) is 0.776. The van der Waals surface area contributed by atoms with Crippen LogP contribution in [0.4, 0.5) is 5.88 Å². The smallest absolute Gasteiger partial charge is 0.270 e. The van der Waals surface area contributed by atoms with Crippen molar-refractivity contribution in [2.45, 2.75) is 37.4 Å². The summed E-state index contributed by atoms with van der Waals surface area (Å²) in [5, 5.41) is 7.64. The molecule has 0 spiro atoms. The van der Waals surface area contributed by atoms with Gasteiger partial charge in [0, 0.05) is 55.8 Å². The van der Waals surface area contributed by atoms with Gasteiger partial charge in [0.25, 0.3) is 5.91 Å². The fourth-order valence-electron chi connectivity index (χ4n) is 4.46. The molecule has 3 aliphatic rings. The summed E-state index contributed by atoms with van der Waals surface area (Å²) < 4.78 is 5.95. The Kier molecular flexibility index (Phi) is 3.86. The van der Waals surface area contributed by atoms with Gasteiger partial charge in [-0.25, -0.2) is 4.98 Å². The van der Waals surface area contributed by atoms with Crippen molar-refractivity contribution in [1.29, 1.82) is 0 Å². The summed E-state index contributed by atoms with van der Waals surface area (Å²) in [7, 11) is 2.14. The van der Waals surface area contributed by atoms with E-state index in [4.69, 9.17) is 4.42 Å². The van der Waals surface area contributed by atoms with Gasteiger partial charge >= 0.3 is 0 Å². The molecule has 1 amide bonds. The predicted molar refractivity (Wildman–Crippen MR) is 99.5 cm³/mol. The zero-order valence-corrected chi connectivity index (χ0v) is 15.1. The average Bonchev–Trinajstić information content (AvgIpc) is 3.36. The predicted octanol–water partition coefficient (Wildman–Crippen LogP) is 1.20. The standard InChI is InChI=1S/C19H25N5O2/c1-23-4-6-24(7-5-23)18-9-12-8-16(20-11-17(12)26-18)19(25)22-15-10-13-2-3-14(15)21-13/h8-9,11,13-15,21H,2-7,10H2,1H3,(H,22,25)/t13-,14+,15-/m1/s1.